The smallest absolute Gasteiger partial charge is 0.356 e. The van der Waals surface area contributed by atoms with Gasteiger partial charge in [-0.2, -0.15) is 0 Å². The predicted molar refractivity (Wildman–Crippen MR) is 69.2 cm³/mol. The van der Waals surface area contributed by atoms with E-state index in [1.54, 1.807) is 4.40 Å². The van der Waals surface area contributed by atoms with Crippen molar-refractivity contribution in [2.24, 2.45) is 5.73 Å². The van der Waals surface area contributed by atoms with E-state index in [-0.39, 0.29) is 5.69 Å². The Morgan fingerprint density at radius 2 is 2.28 bits per heavy atom. The highest BCUT2D eigenvalue weighted by Gasteiger charge is 2.19. The Kier molecular flexibility index (Phi) is 3.20. The summed E-state index contributed by atoms with van der Waals surface area (Å²) in [4.78, 5) is 17.3. The maximum absolute atomic E-state index is 11.3. The van der Waals surface area contributed by atoms with Crippen molar-refractivity contribution < 1.29 is 9.90 Å². The summed E-state index contributed by atoms with van der Waals surface area (Å²) in [6.45, 7) is 0.435. The van der Waals surface area contributed by atoms with E-state index in [4.69, 9.17) is 5.73 Å². The van der Waals surface area contributed by atoms with Crippen molar-refractivity contribution in [2.45, 2.75) is 6.42 Å². The molecule has 2 aromatic rings. The molecule has 2 rings (SSSR count). The second-order valence-electron chi connectivity index (χ2n) is 4.23. The van der Waals surface area contributed by atoms with Gasteiger partial charge in [-0.15, -0.1) is 0 Å². The fourth-order valence-corrected chi connectivity index (χ4v) is 2.00. The van der Waals surface area contributed by atoms with Crippen LogP contribution < -0.4 is 10.6 Å². The number of anilines is 1. The first-order chi connectivity index (χ1) is 8.56. The van der Waals surface area contributed by atoms with Crippen molar-refractivity contribution in [3.63, 3.8) is 0 Å². The fourth-order valence-electron chi connectivity index (χ4n) is 2.00. The molecule has 0 spiro atoms. The summed E-state index contributed by atoms with van der Waals surface area (Å²) in [5, 5.41) is 9.25. The van der Waals surface area contributed by atoms with E-state index in [0.29, 0.717) is 24.3 Å². The number of carboxylic acids is 1. The molecule has 18 heavy (non-hydrogen) atoms. The molecule has 2 aromatic heterocycles. The third kappa shape index (κ3) is 1.91. The molecule has 0 radical (unpaired) electrons. The number of carbonyl (C=O) groups is 1. The summed E-state index contributed by atoms with van der Waals surface area (Å²) in [6, 6.07) is 3.74. The van der Waals surface area contributed by atoms with Crippen LogP contribution in [0, 0.1) is 0 Å². The van der Waals surface area contributed by atoms with Gasteiger partial charge >= 0.3 is 5.97 Å². The van der Waals surface area contributed by atoms with Gasteiger partial charge in [0.2, 0.25) is 0 Å². The largest absolute Gasteiger partial charge is 0.476 e. The Balaban J connectivity index is 2.78. The number of aromatic carboxylic acids is 1. The monoisotopic (exact) mass is 248 g/mol. The molecule has 0 aliphatic rings. The highest BCUT2D eigenvalue weighted by atomic mass is 16.4. The second kappa shape index (κ2) is 4.66. The molecule has 0 atom stereocenters. The van der Waals surface area contributed by atoms with Crippen molar-refractivity contribution in [1.29, 1.82) is 0 Å². The zero-order valence-electron chi connectivity index (χ0n) is 10.4. The average molecular weight is 248 g/mol. The fraction of sp³-hybridized carbons (Fsp3) is 0.333. The molecular weight excluding hydrogens is 232 g/mol. The van der Waals surface area contributed by atoms with Crippen molar-refractivity contribution in [1.82, 2.24) is 9.38 Å². The number of rotatable bonds is 4. The van der Waals surface area contributed by atoms with Gasteiger partial charge in [-0.3, -0.25) is 0 Å². The van der Waals surface area contributed by atoms with Gasteiger partial charge in [-0.05, 0) is 18.7 Å². The molecule has 0 unspecified atom stereocenters. The van der Waals surface area contributed by atoms with Gasteiger partial charge < -0.3 is 20.1 Å². The lowest BCUT2D eigenvalue weighted by Crippen LogP contribution is -2.11. The second-order valence-corrected chi connectivity index (χ2v) is 4.23. The Labute approximate surface area is 105 Å². The molecule has 0 aliphatic heterocycles. The predicted octanol–water partition coefficient (Wildman–Crippen LogP) is 0.600. The quantitative estimate of drug-likeness (QED) is 0.827. The maximum Gasteiger partial charge on any atom is 0.356 e. The molecule has 6 nitrogen and oxygen atoms in total. The topological polar surface area (TPSA) is 83.9 Å². The van der Waals surface area contributed by atoms with Crippen LogP contribution >= 0.6 is 0 Å². The van der Waals surface area contributed by atoms with Gasteiger partial charge in [0, 0.05) is 26.7 Å². The van der Waals surface area contributed by atoms with Gasteiger partial charge in [0.25, 0.3) is 0 Å². The molecule has 2 heterocycles. The molecule has 96 valence electrons. The van der Waals surface area contributed by atoms with Crippen LogP contribution in [0.15, 0.2) is 18.3 Å². The van der Waals surface area contributed by atoms with E-state index < -0.39 is 5.97 Å². The van der Waals surface area contributed by atoms with Crippen LogP contribution in [0.4, 0.5) is 5.69 Å². The molecule has 6 heteroatoms. The van der Waals surface area contributed by atoms with Crippen molar-refractivity contribution in [2.75, 3.05) is 25.5 Å². The minimum absolute atomic E-state index is 0.0720. The van der Waals surface area contributed by atoms with Crippen LogP contribution in [-0.2, 0) is 6.42 Å². The number of imidazole rings is 1. The lowest BCUT2D eigenvalue weighted by atomic mass is 10.2. The van der Waals surface area contributed by atoms with Crippen LogP contribution in [-0.4, -0.2) is 41.1 Å². The van der Waals surface area contributed by atoms with E-state index in [9.17, 15) is 9.90 Å². The SMILES string of the molecule is CN(C)c1cccn2c(CCN)nc(C(=O)O)c12. The summed E-state index contributed by atoms with van der Waals surface area (Å²) < 4.78 is 1.80. The number of hydrogen-bond donors (Lipinski definition) is 2. The summed E-state index contributed by atoms with van der Waals surface area (Å²) in [7, 11) is 3.74. The Morgan fingerprint density at radius 1 is 1.56 bits per heavy atom. The molecule has 0 saturated heterocycles. The number of nitrogens with zero attached hydrogens (tertiary/aromatic N) is 3. The van der Waals surface area contributed by atoms with Crippen molar-refractivity contribution >= 4 is 17.2 Å². The van der Waals surface area contributed by atoms with Gasteiger partial charge in [0.05, 0.1) is 5.69 Å². The van der Waals surface area contributed by atoms with Crippen LogP contribution in [0.3, 0.4) is 0 Å². The number of hydrogen-bond acceptors (Lipinski definition) is 4. The molecule has 0 bridgehead atoms. The molecular formula is C12H16N4O2. The maximum atomic E-state index is 11.3. The summed E-state index contributed by atoms with van der Waals surface area (Å²) in [5.41, 5.74) is 7.03. The molecule has 0 saturated carbocycles. The van der Waals surface area contributed by atoms with Crippen LogP contribution in [0.25, 0.3) is 5.52 Å². The minimum Gasteiger partial charge on any atom is -0.476 e. The third-order valence-corrected chi connectivity index (χ3v) is 2.77. The van der Waals surface area contributed by atoms with Crippen molar-refractivity contribution in [3.8, 4) is 0 Å². The minimum atomic E-state index is -1.02. The van der Waals surface area contributed by atoms with E-state index >= 15 is 0 Å². The van der Waals surface area contributed by atoms with Crippen LogP contribution in [0.5, 0.6) is 0 Å². The molecule has 0 amide bonds. The Morgan fingerprint density at radius 3 is 2.83 bits per heavy atom. The lowest BCUT2D eigenvalue weighted by Gasteiger charge is -2.14. The van der Waals surface area contributed by atoms with Crippen molar-refractivity contribution in [3.05, 3.63) is 29.8 Å². The number of carboxylic acid groups (broad SMARTS) is 1. The molecule has 3 N–H and O–H groups in total. The molecule has 0 fully saturated rings. The van der Waals surface area contributed by atoms with Gasteiger partial charge in [-0.1, -0.05) is 0 Å². The summed E-state index contributed by atoms with van der Waals surface area (Å²) >= 11 is 0. The number of fused-ring (bicyclic) bond motifs is 1. The number of pyridine rings is 1. The van der Waals surface area contributed by atoms with E-state index in [0.717, 1.165) is 5.69 Å². The van der Waals surface area contributed by atoms with Crippen LogP contribution in [0.1, 0.15) is 16.3 Å². The first-order valence-electron chi connectivity index (χ1n) is 5.67. The number of nitrogens with two attached hydrogens (primary N) is 1. The van der Waals surface area contributed by atoms with E-state index in [1.807, 2.05) is 37.3 Å². The normalized spacial score (nSPS) is 10.8. The zero-order valence-corrected chi connectivity index (χ0v) is 10.4. The van der Waals surface area contributed by atoms with Gasteiger partial charge in [0.1, 0.15) is 11.3 Å². The first kappa shape index (κ1) is 12.4. The molecule has 0 aliphatic carbocycles. The average Bonchev–Trinajstić information content (AvgIpc) is 2.69. The third-order valence-electron chi connectivity index (χ3n) is 2.77. The lowest BCUT2D eigenvalue weighted by molar-refractivity contribution is 0.0693. The van der Waals surface area contributed by atoms with Gasteiger partial charge in [0.15, 0.2) is 5.69 Å². The van der Waals surface area contributed by atoms with Crippen LogP contribution in [0.2, 0.25) is 0 Å². The Bertz CT molecular complexity index is 589. The Hall–Kier alpha value is -2.08. The molecule has 0 aromatic carbocycles. The van der Waals surface area contributed by atoms with Gasteiger partial charge in [-0.25, -0.2) is 9.78 Å². The standard InChI is InChI=1S/C12H16N4O2/c1-15(2)8-4-3-7-16-9(5-6-13)14-10(11(8)16)12(17)18/h3-4,7H,5-6,13H2,1-2H3,(H,17,18). The highest BCUT2D eigenvalue weighted by molar-refractivity contribution is 5.98. The summed E-state index contributed by atoms with van der Waals surface area (Å²) in [5.74, 6) is -0.348. The zero-order chi connectivity index (χ0) is 13.3. The summed E-state index contributed by atoms with van der Waals surface area (Å²) in [6.07, 6.45) is 2.36. The van der Waals surface area contributed by atoms with E-state index in [1.165, 1.54) is 0 Å². The van der Waals surface area contributed by atoms with E-state index in [2.05, 4.69) is 4.98 Å². The number of aromatic nitrogens is 2. The first-order valence-corrected chi connectivity index (χ1v) is 5.67. The highest BCUT2D eigenvalue weighted by Crippen LogP contribution is 2.24.